The Morgan fingerprint density at radius 1 is 1.32 bits per heavy atom. The number of hydrogen-bond donors (Lipinski definition) is 4. The number of hydrogen-bond acceptors (Lipinski definition) is 3. The van der Waals surface area contributed by atoms with Crippen molar-refractivity contribution in [2.24, 2.45) is 0 Å². The number of nitrogens with one attached hydrogen (secondary N) is 2. The lowest BCUT2D eigenvalue weighted by Gasteiger charge is -2.14. The van der Waals surface area contributed by atoms with Crippen LogP contribution in [0.4, 0.5) is 9.18 Å². The second-order valence-corrected chi connectivity index (χ2v) is 3.82. The van der Waals surface area contributed by atoms with Gasteiger partial charge in [0.25, 0.3) is 0 Å². The normalized spacial score (nSPS) is 11.7. The molecular formula is C12H15FN2O4. The van der Waals surface area contributed by atoms with Crippen LogP contribution in [0.15, 0.2) is 24.3 Å². The van der Waals surface area contributed by atoms with Gasteiger partial charge in [-0.1, -0.05) is 18.2 Å². The summed E-state index contributed by atoms with van der Waals surface area (Å²) in [4.78, 5) is 22.2. The van der Waals surface area contributed by atoms with Gasteiger partial charge in [0.1, 0.15) is 11.9 Å². The molecule has 1 aromatic carbocycles. The summed E-state index contributed by atoms with van der Waals surface area (Å²) in [7, 11) is 0. The van der Waals surface area contributed by atoms with Gasteiger partial charge < -0.3 is 20.8 Å². The van der Waals surface area contributed by atoms with E-state index < -0.39 is 23.9 Å². The van der Waals surface area contributed by atoms with E-state index in [0.29, 0.717) is 5.56 Å². The standard InChI is InChI=1S/C12H15FN2O4/c13-9-4-2-1-3-8(9)7-14-12(19)15-10(5-6-16)11(17)18/h1-4,10,16H,5-7H2,(H,17,18)(H2,14,15,19)/t10-/m1/s1. The molecule has 0 unspecified atom stereocenters. The van der Waals surface area contributed by atoms with Crippen LogP contribution in [0.1, 0.15) is 12.0 Å². The summed E-state index contributed by atoms with van der Waals surface area (Å²) in [5.74, 6) is -1.69. The third kappa shape index (κ3) is 4.92. The van der Waals surface area contributed by atoms with E-state index in [1.807, 2.05) is 0 Å². The Morgan fingerprint density at radius 2 is 2.00 bits per heavy atom. The van der Waals surface area contributed by atoms with Crippen molar-refractivity contribution in [2.75, 3.05) is 6.61 Å². The van der Waals surface area contributed by atoms with E-state index in [9.17, 15) is 14.0 Å². The summed E-state index contributed by atoms with van der Waals surface area (Å²) in [5, 5.41) is 22.0. The van der Waals surface area contributed by atoms with Crippen LogP contribution in [0.5, 0.6) is 0 Å². The van der Waals surface area contributed by atoms with E-state index in [1.54, 1.807) is 6.07 Å². The predicted molar refractivity (Wildman–Crippen MR) is 64.9 cm³/mol. The number of benzene rings is 1. The maximum atomic E-state index is 13.3. The molecule has 6 nitrogen and oxygen atoms in total. The molecule has 19 heavy (non-hydrogen) atoms. The number of carboxylic acids is 1. The minimum Gasteiger partial charge on any atom is -0.480 e. The maximum absolute atomic E-state index is 13.3. The Balaban J connectivity index is 2.47. The van der Waals surface area contributed by atoms with Crippen LogP contribution >= 0.6 is 0 Å². The fourth-order valence-corrected chi connectivity index (χ4v) is 1.41. The van der Waals surface area contributed by atoms with Gasteiger partial charge in [-0.15, -0.1) is 0 Å². The Hall–Kier alpha value is -2.15. The van der Waals surface area contributed by atoms with Gasteiger partial charge in [0.15, 0.2) is 0 Å². The lowest BCUT2D eigenvalue weighted by atomic mass is 10.2. The lowest BCUT2D eigenvalue weighted by molar-refractivity contribution is -0.139. The molecule has 0 saturated carbocycles. The summed E-state index contributed by atoms with van der Waals surface area (Å²) in [5.41, 5.74) is 0.298. The third-order valence-electron chi connectivity index (χ3n) is 2.42. The first-order valence-electron chi connectivity index (χ1n) is 5.66. The number of carbonyl (C=O) groups excluding carboxylic acids is 1. The number of aliphatic hydroxyl groups excluding tert-OH is 1. The van der Waals surface area contributed by atoms with Gasteiger partial charge in [-0.25, -0.2) is 14.0 Å². The van der Waals surface area contributed by atoms with Gasteiger partial charge in [-0.3, -0.25) is 0 Å². The molecule has 7 heteroatoms. The zero-order chi connectivity index (χ0) is 14.3. The smallest absolute Gasteiger partial charge is 0.326 e. The minimum atomic E-state index is -1.24. The number of urea groups is 1. The van der Waals surface area contributed by atoms with Crippen LogP contribution in [0.3, 0.4) is 0 Å². The largest absolute Gasteiger partial charge is 0.480 e. The molecule has 0 aliphatic rings. The molecule has 4 N–H and O–H groups in total. The van der Waals surface area contributed by atoms with Gasteiger partial charge in [-0.2, -0.15) is 0 Å². The molecule has 0 radical (unpaired) electrons. The molecule has 1 aromatic rings. The molecule has 104 valence electrons. The van der Waals surface area contributed by atoms with E-state index >= 15 is 0 Å². The molecule has 0 spiro atoms. The zero-order valence-corrected chi connectivity index (χ0v) is 10.1. The number of carboxylic acid groups (broad SMARTS) is 1. The summed E-state index contributed by atoms with van der Waals surface area (Å²) in [6.07, 6.45) is -0.0948. The van der Waals surface area contributed by atoms with Crippen molar-refractivity contribution in [3.05, 3.63) is 35.6 Å². The van der Waals surface area contributed by atoms with Crippen molar-refractivity contribution < 1.29 is 24.2 Å². The highest BCUT2D eigenvalue weighted by atomic mass is 19.1. The summed E-state index contributed by atoms with van der Waals surface area (Å²) in [6, 6.07) is 4.03. The van der Waals surface area contributed by atoms with Crippen LogP contribution in [0.2, 0.25) is 0 Å². The topological polar surface area (TPSA) is 98.7 Å². The van der Waals surface area contributed by atoms with Crippen LogP contribution in [-0.4, -0.2) is 34.9 Å². The molecule has 2 amide bonds. The summed E-state index contributed by atoms with van der Waals surface area (Å²) < 4.78 is 13.3. The van der Waals surface area contributed by atoms with E-state index in [1.165, 1.54) is 18.2 Å². The molecule has 1 atom stereocenters. The summed E-state index contributed by atoms with van der Waals surface area (Å²) >= 11 is 0. The Kier molecular flexibility index (Phi) is 5.74. The lowest BCUT2D eigenvalue weighted by Crippen LogP contribution is -2.46. The maximum Gasteiger partial charge on any atom is 0.326 e. The summed E-state index contributed by atoms with van der Waals surface area (Å²) in [6.45, 7) is -0.408. The quantitative estimate of drug-likeness (QED) is 0.603. The van der Waals surface area contributed by atoms with Crippen molar-refractivity contribution >= 4 is 12.0 Å². The van der Waals surface area contributed by atoms with E-state index in [2.05, 4.69) is 10.6 Å². The molecular weight excluding hydrogens is 255 g/mol. The third-order valence-corrected chi connectivity index (χ3v) is 2.42. The predicted octanol–water partition coefficient (Wildman–Crippen LogP) is 0.460. The van der Waals surface area contributed by atoms with Gasteiger partial charge in [-0.05, 0) is 6.07 Å². The Labute approximate surface area is 109 Å². The first-order valence-corrected chi connectivity index (χ1v) is 5.66. The highest BCUT2D eigenvalue weighted by molar-refractivity contribution is 5.82. The number of rotatable bonds is 6. The van der Waals surface area contributed by atoms with Gasteiger partial charge in [0.2, 0.25) is 0 Å². The molecule has 0 bridgehead atoms. The monoisotopic (exact) mass is 270 g/mol. The molecule has 0 aliphatic carbocycles. The molecule has 0 fully saturated rings. The van der Waals surface area contributed by atoms with Crippen LogP contribution in [0.25, 0.3) is 0 Å². The molecule has 0 saturated heterocycles. The van der Waals surface area contributed by atoms with Gasteiger partial charge in [0, 0.05) is 25.1 Å². The second kappa shape index (κ2) is 7.32. The van der Waals surface area contributed by atoms with Gasteiger partial charge in [0.05, 0.1) is 0 Å². The van der Waals surface area contributed by atoms with E-state index in [-0.39, 0.29) is 19.6 Å². The number of aliphatic carboxylic acids is 1. The first kappa shape index (κ1) is 14.9. The fourth-order valence-electron chi connectivity index (χ4n) is 1.41. The zero-order valence-electron chi connectivity index (χ0n) is 10.1. The molecule has 0 aromatic heterocycles. The average Bonchev–Trinajstić information content (AvgIpc) is 2.37. The number of carbonyl (C=O) groups is 2. The first-order chi connectivity index (χ1) is 9.04. The highest BCUT2D eigenvalue weighted by Gasteiger charge is 2.18. The number of aliphatic hydroxyl groups is 1. The van der Waals surface area contributed by atoms with Crippen molar-refractivity contribution in [3.63, 3.8) is 0 Å². The van der Waals surface area contributed by atoms with Gasteiger partial charge >= 0.3 is 12.0 Å². The Bertz CT molecular complexity index is 453. The molecule has 1 rings (SSSR count). The van der Waals surface area contributed by atoms with Crippen LogP contribution in [0, 0.1) is 5.82 Å². The molecule has 0 heterocycles. The van der Waals surface area contributed by atoms with Crippen LogP contribution < -0.4 is 10.6 Å². The van der Waals surface area contributed by atoms with Crippen molar-refractivity contribution in [2.45, 2.75) is 19.0 Å². The average molecular weight is 270 g/mol. The number of halogens is 1. The highest BCUT2D eigenvalue weighted by Crippen LogP contribution is 2.05. The minimum absolute atomic E-state index is 0.0516. The van der Waals surface area contributed by atoms with Crippen molar-refractivity contribution in [1.82, 2.24) is 10.6 Å². The SMILES string of the molecule is O=C(NCc1ccccc1F)N[C@H](CCO)C(=O)O. The van der Waals surface area contributed by atoms with Crippen molar-refractivity contribution in [3.8, 4) is 0 Å². The molecule has 0 aliphatic heterocycles. The van der Waals surface area contributed by atoms with Crippen LogP contribution in [-0.2, 0) is 11.3 Å². The second-order valence-electron chi connectivity index (χ2n) is 3.82. The number of amides is 2. The Morgan fingerprint density at radius 3 is 2.58 bits per heavy atom. The van der Waals surface area contributed by atoms with E-state index in [4.69, 9.17) is 10.2 Å². The fraction of sp³-hybridized carbons (Fsp3) is 0.333. The van der Waals surface area contributed by atoms with Crippen molar-refractivity contribution in [1.29, 1.82) is 0 Å². The van der Waals surface area contributed by atoms with E-state index in [0.717, 1.165) is 0 Å².